The van der Waals surface area contributed by atoms with Crippen molar-refractivity contribution < 1.29 is 4.79 Å². The highest BCUT2D eigenvalue weighted by Gasteiger charge is 2.28. The van der Waals surface area contributed by atoms with Gasteiger partial charge in [-0.15, -0.1) is 11.3 Å². The van der Waals surface area contributed by atoms with Crippen LogP contribution in [0, 0.1) is 11.8 Å². The van der Waals surface area contributed by atoms with Crippen LogP contribution >= 0.6 is 11.3 Å². The fraction of sp³-hybridized carbons (Fsp3) is 0.500. The van der Waals surface area contributed by atoms with Crippen LogP contribution in [0.3, 0.4) is 0 Å². The SMILES string of the molecule is CC1CCC(NC(=O)c2sc3cnccc3c2N)C(C)C1. The molecule has 2 aromatic heterocycles. The number of pyridine rings is 1. The molecule has 3 unspecified atom stereocenters. The van der Waals surface area contributed by atoms with Crippen molar-refractivity contribution in [3.8, 4) is 0 Å². The van der Waals surface area contributed by atoms with Gasteiger partial charge in [0.25, 0.3) is 5.91 Å². The number of fused-ring (bicyclic) bond motifs is 1. The van der Waals surface area contributed by atoms with Crippen molar-refractivity contribution in [1.29, 1.82) is 0 Å². The molecule has 4 nitrogen and oxygen atoms in total. The molecule has 0 aromatic carbocycles. The van der Waals surface area contributed by atoms with Crippen LogP contribution in [0.15, 0.2) is 18.5 Å². The lowest BCUT2D eigenvalue weighted by molar-refractivity contribution is 0.0904. The van der Waals surface area contributed by atoms with Crippen LogP contribution in [-0.4, -0.2) is 16.9 Å². The number of nitrogens with two attached hydrogens (primary N) is 1. The van der Waals surface area contributed by atoms with Crippen LogP contribution in [0.25, 0.3) is 10.1 Å². The molecule has 2 aromatic rings. The first-order valence-corrected chi connectivity index (χ1v) is 8.30. The monoisotopic (exact) mass is 303 g/mol. The number of nitrogen functional groups attached to an aromatic ring is 1. The van der Waals surface area contributed by atoms with Gasteiger partial charge in [0.05, 0.1) is 10.4 Å². The van der Waals surface area contributed by atoms with E-state index >= 15 is 0 Å². The average Bonchev–Trinajstić information content (AvgIpc) is 2.80. The van der Waals surface area contributed by atoms with E-state index in [4.69, 9.17) is 5.73 Å². The maximum atomic E-state index is 12.5. The number of aromatic nitrogens is 1. The summed E-state index contributed by atoms with van der Waals surface area (Å²) in [5, 5.41) is 4.10. The third-order valence-electron chi connectivity index (χ3n) is 4.49. The van der Waals surface area contributed by atoms with Gasteiger partial charge >= 0.3 is 0 Å². The van der Waals surface area contributed by atoms with Gasteiger partial charge in [0.2, 0.25) is 0 Å². The van der Waals surface area contributed by atoms with Crippen molar-refractivity contribution in [2.24, 2.45) is 11.8 Å². The van der Waals surface area contributed by atoms with E-state index in [1.165, 1.54) is 24.2 Å². The first-order chi connectivity index (χ1) is 10.1. The third-order valence-corrected chi connectivity index (χ3v) is 5.64. The third kappa shape index (κ3) is 2.75. The first-order valence-electron chi connectivity index (χ1n) is 7.49. The Bertz CT molecular complexity index is 667. The van der Waals surface area contributed by atoms with Gasteiger partial charge in [-0.05, 0) is 37.2 Å². The van der Waals surface area contributed by atoms with E-state index in [-0.39, 0.29) is 11.9 Å². The van der Waals surface area contributed by atoms with Crippen molar-refractivity contribution in [2.75, 3.05) is 5.73 Å². The molecule has 0 bridgehead atoms. The molecule has 0 radical (unpaired) electrons. The molecule has 1 aliphatic rings. The van der Waals surface area contributed by atoms with Crippen LogP contribution in [0.1, 0.15) is 42.8 Å². The summed E-state index contributed by atoms with van der Waals surface area (Å²) in [6, 6.07) is 2.12. The van der Waals surface area contributed by atoms with E-state index in [1.54, 1.807) is 12.4 Å². The van der Waals surface area contributed by atoms with Crippen LogP contribution < -0.4 is 11.1 Å². The van der Waals surface area contributed by atoms with E-state index in [2.05, 4.69) is 24.1 Å². The van der Waals surface area contributed by atoms with Gasteiger partial charge in [-0.2, -0.15) is 0 Å². The van der Waals surface area contributed by atoms with Crippen LogP contribution in [-0.2, 0) is 0 Å². The predicted molar refractivity (Wildman–Crippen MR) is 87.5 cm³/mol. The minimum Gasteiger partial charge on any atom is -0.397 e. The lowest BCUT2D eigenvalue weighted by Crippen LogP contribution is -2.42. The number of hydrogen-bond acceptors (Lipinski definition) is 4. The summed E-state index contributed by atoms with van der Waals surface area (Å²) in [5.74, 6) is 1.24. The van der Waals surface area contributed by atoms with E-state index in [1.807, 2.05) is 6.07 Å². The lowest BCUT2D eigenvalue weighted by atomic mass is 9.80. The molecule has 1 saturated carbocycles. The van der Waals surface area contributed by atoms with E-state index < -0.39 is 0 Å². The van der Waals surface area contributed by atoms with Crippen molar-refractivity contribution in [1.82, 2.24) is 10.3 Å². The van der Waals surface area contributed by atoms with Gasteiger partial charge < -0.3 is 11.1 Å². The Labute approximate surface area is 128 Å². The number of anilines is 1. The van der Waals surface area contributed by atoms with Gasteiger partial charge in [-0.1, -0.05) is 13.8 Å². The van der Waals surface area contributed by atoms with Crippen LogP contribution in [0.4, 0.5) is 5.69 Å². The quantitative estimate of drug-likeness (QED) is 0.893. The standard InChI is InChI=1S/C16H21N3OS/c1-9-3-4-12(10(2)7-9)19-16(20)15-14(17)11-5-6-18-8-13(11)21-15/h5-6,8-10,12H,3-4,7,17H2,1-2H3,(H,19,20). The summed E-state index contributed by atoms with van der Waals surface area (Å²) in [6.07, 6.45) is 6.88. The number of carbonyl (C=O) groups is 1. The molecule has 0 spiro atoms. The molecule has 3 N–H and O–H groups in total. The zero-order chi connectivity index (χ0) is 15.0. The minimum absolute atomic E-state index is 0.0416. The number of nitrogens with zero attached hydrogens (tertiary/aromatic N) is 1. The van der Waals surface area contributed by atoms with Crippen LogP contribution in [0.5, 0.6) is 0 Å². The topological polar surface area (TPSA) is 68.0 Å². The zero-order valence-corrected chi connectivity index (χ0v) is 13.2. The molecular weight excluding hydrogens is 282 g/mol. The highest BCUT2D eigenvalue weighted by molar-refractivity contribution is 7.21. The van der Waals surface area contributed by atoms with Crippen molar-refractivity contribution >= 4 is 33.0 Å². The van der Waals surface area contributed by atoms with Crippen molar-refractivity contribution in [2.45, 2.75) is 39.2 Å². The molecule has 21 heavy (non-hydrogen) atoms. The highest BCUT2D eigenvalue weighted by atomic mass is 32.1. The molecule has 112 valence electrons. The Balaban J connectivity index is 1.79. The highest BCUT2D eigenvalue weighted by Crippen LogP contribution is 2.34. The Morgan fingerprint density at radius 1 is 1.43 bits per heavy atom. The summed E-state index contributed by atoms with van der Waals surface area (Å²) in [7, 11) is 0. The first kappa shape index (κ1) is 14.3. The average molecular weight is 303 g/mol. The summed E-state index contributed by atoms with van der Waals surface area (Å²) >= 11 is 1.42. The Hall–Kier alpha value is -1.62. The number of rotatable bonds is 2. The molecule has 0 saturated heterocycles. The fourth-order valence-electron chi connectivity index (χ4n) is 3.25. The molecule has 1 aliphatic carbocycles. The minimum atomic E-state index is -0.0416. The van der Waals surface area contributed by atoms with Gasteiger partial charge in [0, 0.05) is 23.8 Å². The molecule has 1 fully saturated rings. The summed E-state index contributed by atoms with van der Waals surface area (Å²) < 4.78 is 0.963. The molecule has 3 atom stereocenters. The smallest absolute Gasteiger partial charge is 0.263 e. The Morgan fingerprint density at radius 2 is 2.24 bits per heavy atom. The van der Waals surface area contributed by atoms with Crippen molar-refractivity contribution in [3.63, 3.8) is 0 Å². The van der Waals surface area contributed by atoms with Gasteiger partial charge in [-0.3, -0.25) is 9.78 Å². The summed E-state index contributed by atoms with van der Waals surface area (Å²) in [4.78, 5) is 17.2. The molecule has 0 aliphatic heterocycles. The summed E-state index contributed by atoms with van der Waals surface area (Å²) in [6.45, 7) is 4.50. The van der Waals surface area contributed by atoms with E-state index in [9.17, 15) is 4.79 Å². The second-order valence-corrected chi connectivity index (χ2v) is 7.24. The van der Waals surface area contributed by atoms with Crippen LogP contribution in [0.2, 0.25) is 0 Å². The number of amides is 1. The number of thiophene rings is 1. The van der Waals surface area contributed by atoms with E-state index in [0.717, 1.165) is 22.4 Å². The predicted octanol–water partition coefficient (Wildman–Crippen LogP) is 3.43. The number of carbonyl (C=O) groups excluding carboxylic acids is 1. The Kier molecular flexibility index (Phi) is 3.85. The second kappa shape index (κ2) is 5.64. The maximum Gasteiger partial charge on any atom is 0.263 e. The van der Waals surface area contributed by atoms with E-state index in [0.29, 0.717) is 16.5 Å². The molecule has 3 rings (SSSR count). The largest absolute Gasteiger partial charge is 0.397 e. The Morgan fingerprint density at radius 3 is 2.95 bits per heavy atom. The zero-order valence-electron chi connectivity index (χ0n) is 12.4. The molecule has 5 heteroatoms. The molecule has 1 amide bonds. The number of hydrogen-bond donors (Lipinski definition) is 2. The second-order valence-electron chi connectivity index (χ2n) is 6.19. The summed E-state index contributed by atoms with van der Waals surface area (Å²) in [5.41, 5.74) is 6.70. The van der Waals surface area contributed by atoms with Gasteiger partial charge in [-0.25, -0.2) is 0 Å². The normalized spacial score (nSPS) is 25.9. The van der Waals surface area contributed by atoms with Gasteiger partial charge in [0.1, 0.15) is 4.88 Å². The lowest BCUT2D eigenvalue weighted by Gasteiger charge is -2.33. The fourth-order valence-corrected chi connectivity index (χ4v) is 4.25. The number of nitrogens with one attached hydrogen (secondary N) is 1. The maximum absolute atomic E-state index is 12.5. The molecular formula is C16H21N3OS. The molecule has 2 heterocycles. The van der Waals surface area contributed by atoms with Crippen molar-refractivity contribution in [3.05, 3.63) is 23.3 Å². The van der Waals surface area contributed by atoms with Gasteiger partial charge in [0.15, 0.2) is 0 Å².